The number of hydrogen-bond acceptors (Lipinski definition) is 2. The fraction of sp³-hybridized carbons (Fsp3) is 0.500. The Balaban J connectivity index is 2.10. The number of carbonyl (C=O) groups excluding carboxylic acids is 1. The Morgan fingerprint density at radius 1 is 1.38 bits per heavy atom. The van der Waals surface area contributed by atoms with Crippen molar-refractivity contribution in [2.45, 2.75) is 46.0 Å². The zero-order valence-electron chi connectivity index (χ0n) is 14.1. The summed E-state index contributed by atoms with van der Waals surface area (Å²) in [5.74, 6) is -0.813. The van der Waals surface area contributed by atoms with Crippen LogP contribution in [-0.2, 0) is 24.9 Å². The van der Waals surface area contributed by atoms with Crippen molar-refractivity contribution in [3.8, 4) is 0 Å². The first-order valence-electron chi connectivity index (χ1n) is 7.57. The maximum atomic E-state index is 12.6. The second-order valence-electron chi connectivity index (χ2n) is 5.98. The van der Waals surface area contributed by atoms with Crippen LogP contribution in [0.5, 0.6) is 0 Å². The van der Waals surface area contributed by atoms with Gasteiger partial charge in [-0.3, -0.25) is 9.48 Å². The van der Waals surface area contributed by atoms with Crippen LogP contribution in [0.4, 0.5) is 13.2 Å². The first kappa shape index (κ1) is 18.1. The highest BCUT2D eigenvalue weighted by atomic mass is 19.4. The molecule has 2 rings (SSSR count). The lowest BCUT2D eigenvalue weighted by Crippen LogP contribution is -2.28. The highest BCUT2D eigenvalue weighted by Crippen LogP contribution is 2.26. The predicted octanol–water partition coefficient (Wildman–Crippen LogP) is 2.82. The molecule has 0 fully saturated rings. The third-order valence-corrected chi connectivity index (χ3v) is 3.95. The number of hydrogen-bond donors (Lipinski definition) is 1. The molecular formula is C16H21F3N4O. The first-order chi connectivity index (χ1) is 11.1. The largest absolute Gasteiger partial charge is 0.408 e. The summed E-state index contributed by atoms with van der Waals surface area (Å²) in [5, 5.41) is 6.74. The van der Waals surface area contributed by atoms with Crippen LogP contribution < -0.4 is 5.32 Å². The summed E-state index contributed by atoms with van der Waals surface area (Å²) in [6.07, 6.45) is -0.581. The Morgan fingerprint density at radius 3 is 2.58 bits per heavy atom. The van der Waals surface area contributed by atoms with E-state index in [1.54, 1.807) is 20.8 Å². The Bertz CT molecular complexity index is 730. The van der Waals surface area contributed by atoms with Gasteiger partial charge in [-0.25, -0.2) is 0 Å². The van der Waals surface area contributed by atoms with Crippen LogP contribution in [0.2, 0.25) is 0 Å². The maximum absolute atomic E-state index is 12.6. The van der Waals surface area contributed by atoms with Crippen molar-refractivity contribution in [1.82, 2.24) is 19.7 Å². The average Bonchev–Trinajstić information content (AvgIpc) is 2.98. The molecule has 0 radical (unpaired) electrons. The quantitative estimate of drug-likeness (QED) is 0.908. The molecule has 2 aromatic rings. The molecule has 0 spiro atoms. The molecule has 132 valence electrons. The zero-order chi connectivity index (χ0) is 18.1. The molecule has 1 amide bonds. The van der Waals surface area contributed by atoms with Crippen LogP contribution in [0.1, 0.15) is 35.4 Å². The van der Waals surface area contributed by atoms with E-state index < -0.39 is 18.6 Å². The third kappa shape index (κ3) is 4.18. The number of aromatic nitrogens is 3. The Hall–Kier alpha value is -2.25. The Labute approximate surface area is 138 Å². The summed E-state index contributed by atoms with van der Waals surface area (Å²) in [7, 11) is 1.88. The van der Waals surface area contributed by atoms with Crippen LogP contribution in [0, 0.1) is 13.8 Å². The molecule has 0 aliphatic carbocycles. The van der Waals surface area contributed by atoms with Gasteiger partial charge in [0.25, 0.3) is 0 Å². The molecule has 8 heteroatoms. The van der Waals surface area contributed by atoms with Crippen molar-refractivity contribution < 1.29 is 18.0 Å². The standard InChI is InChI=1S/C16H21F3N4O/c1-10(15(24)20-7-13-5-6-22(4)8-13)14-11(2)21-23(12(14)3)9-16(17,18)19/h5-6,8,10H,7,9H2,1-4H3,(H,20,24). The van der Waals surface area contributed by atoms with Gasteiger partial charge in [0.05, 0.1) is 11.6 Å². The van der Waals surface area contributed by atoms with Crippen molar-refractivity contribution in [2.24, 2.45) is 7.05 Å². The molecule has 5 nitrogen and oxygen atoms in total. The normalized spacial score (nSPS) is 13.1. The van der Waals surface area contributed by atoms with E-state index in [4.69, 9.17) is 0 Å². The number of carbonyl (C=O) groups is 1. The number of halogens is 3. The molecule has 2 aromatic heterocycles. The molecule has 0 bridgehead atoms. The molecule has 24 heavy (non-hydrogen) atoms. The first-order valence-corrected chi connectivity index (χ1v) is 7.57. The van der Waals surface area contributed by atoms with E-state index in [9.17, 15) is 18.0 Å². The Kier molecular flexibility index (Phi) is 5.05. The van der Waals surface area contributed by atoms with Crippen molar-refractivity contribution in [2.75, 3.05) is 0 Å². The number of rotatable bonds is 5. The molecule has 0 aromatic carbocycles. The van der Waals surface area contributed by atoms with Gasteiger partial charge in [-0.05, 0) is 32.4 Å². The summed E-state index contributed by atoms with van der Waals surface area (Å²) >= 11 is 0. The molecule has 2 heterocycles. The van der Waals surface area contributed by atoms with Gasteiger partial charge in [-0.15, -0.1) is 0 Å². The molecule has 0 aliphatic heterocycles. The summed E-state index contributed by atoms with van der Waals surface area (Å²) in [6, 6.07) is 1.89. The van der Waals surface area contributed by atoms with Crippen LogP contribution >= 0.6 is 0 Å². The monoisotopic (exact) mass is 342 g/mol. The smallest absolute Gasteiger partial charge is 0.357 e. The van der Waals surface area contributed by atoms with E-state index in [1.165, 1.54) is 0 Å². The van der Waals surface area contributed by atoms with Crippen molar-refractivity contribution in [3.63, 3.8) is 0 Å². The lowest BCUT2D eigenvalue weighted by molar-refractivity contribution is -0.143. The highest BCUT2D eigenvalue weighted by molar-refractivity contribution is 5.83. The molecule has 1 atom stereocenters. The third-order valence-electron chi connectivity index (χ3n) is 3.95. The van der Waals surface area contributed by atoms with Crippen molar-refractivity contribution >= 4 is 5.91 Å². The maximum Gasteiger partial charge on any atom is 0.408 e. The molecule has 1 N–H and O–H groups in total. The van der Waals surface area contributed by atoms with Gasteiger partial charge < -0.3 is 9.88 Å². The van der Waals surface area contributed by atoms with Crippen molar-refractivity contribution in [1.29, 1.82) is 0 Å². The number of nitrogens with zero attached hydrogens (tertiary/aromatic N) is 3. The molecule has 0 aliphatic rings. The minimum atomic E-state index is -4.35. The minimum absolute atomic E-state index is 0.239. The van der Waals surface area contributed by atoms with Crippen LogP contribution in [0.25, 0.3) is 0 Å². The van der Waals surface area contributed by atoms with E-state index in [0.29, 0.717) is 23.5 Å². The average molecular weight is 342 g/mol. The van der Waals surface area contributed by atoms with Crippen LogP contribution in [0.15, 0.2) is 18.5 Å². The van der Waals surface area contributed by atoms with E-state index in [2.05, 4.69) is 10.4 Å². The molecular weight excluding hydrogens is 321 g/mol. The summed E-state index contributed by atoms with van der Waals surface area (Å²) in [5.41, 5.74) is 2.32. The SMILES string of the molecule is Cc1nn(CC(F)(F)F)c(C)c1C(C)C(=O)NCc1ccn(C)c1. The summed E-state index contributed by atoms with van der Waals surface area (Å²) in [6.45, 7) is 4.07. The topological polar surface area (TPSA) is 51.9 Å². The minimum Gasteiger partial charge on any atom is -0.357 e. The predicted molar refractivity (Wildman–Crippen MR) is 83.4 cm³/mol. The second kappa shape index (κ2) is 6.70. The van der Waals surface area contributed by atoms with E-state index in [1.807, 2.05) is 30.1 Å². The van der Waals surface area contributed by atoms with E-state index in [0.717, 1.165) is 10.2 Å². The number of amides is 1. The van der Waals surface area contributed by atoms with Crippen molar-refractivity contribution in [3.05, 3.63) is 41.0 Å². The number of alkyl halides is 3. The van der Waals surface area contributed by atoms with Gasteiger partial charge in [0.2, 0.25) is 5.91 Å². The van der Waals surface area contributed by atoms with Gasteiger partial charge in [0, 0.05) is 37.2 Å². The van der Waals surface area contributed by atoms with Gasteiger partial charge in [0.15, 0.2) is 0 Å². The summed E-state index contributed by atoms with van der Waals surface area (Å²) < 4.78 is 40.6. The van der Waals surface area contributed by atoms with E-state index in [-0.39, 0.29) is 5.91 Å². The van der Waals surface area contributed by atoms with Gasteiger partial charge in [0.1, 0.15) is 6.54 Å². The highest BCUT2D eigenvalue weighted by Gasteiger charge is 2.31. The van der Waals surface area contributed by atoms with Gasteiger partial charge in [-0.1, -0.05) is 0 Å². The lowest BCUT2D eigenvalue weighted by atomic mass is 9.98. The zero-order valence-corrected chi connectivity index (χ0v) is 14.1. The van der Waals surface area contributed by atoms with Crippen LogP contribution in [-0.4, -0.2) is 26.4 Å². The molecule has 1 unspecified atom stereocenters. The fourth-order valence-corrected chi connectivity index (χ4v) is 2.80. The lowest BCUT2D eigenvalue weighted by Gasteiger charge is -2.13. The Morgan fingerprint density at radius 2 is 2.04 bits per heavy atom. The number of nitrogens with one attached hydrogen (secondary N) is 1. The van der Waals surface area contributed by atoms with Crippen LogP contribution in [0.3, 0.4) is 0 Å². The second-order valence-corrected chi connectivity index (χ2v) is 5.98. The number of aryl methyl sites for hydroxylation is 2. The fourth-order valence-electron chi connectivity index (χ4n) is 2.80. The summed E-state index contributed by atoms with van der Waals surface area (Å²) in [4.78, 5) is 12.3. The van der Waals surface area contributed by atoms with E-state index >= 15 is 0 Å². The molecule has 0 saturated heterocycles. The van der Waals surface area contributed by atoms with Gasteiger partial charge in [-0.2, -0.15) is 18.3 Å². The van der Waals surface area contributed by atoms with Gasteiger partial charge >= 0.3 is 6.18 Å². The molecule has 0 saturated carbocycles.